The average molecular weight is 479 g/mol. The lowest BCUT2D eigenvalue weighted by atomic mass is 10.0. The van der Waals surface area contributed by atoms with Gasteiger partial charge in [-0.1, -0.05) is 24.3 Å². The van der Waals surface area contributed by atoms with Gasteiger partial charge in [0.25, 0.3) is 0 Å². The van der Waals surface area contributed by atoms with Crippen LogP contribution in [0.2, 0.25) is 0 Å². The Hall–Kier alpha value is -2.87. The second-order valence-corrected chi connectivity index (χ2v) is 9.85. The van der Waals surface area contributed by atoms with Crippen molar-refractivity contribution in [2.45, 2.75) is 45.5 Å². The molecule has 1 fully saturated rings. The van der Waals surface area contributed by atoms with Gasteiger partial charge in [0, 0.05) is 38.4 Å². The number of aliphatic hydroxyl groups is 1. The van der Waals surface area contributed by atoms with Crippen molar-refractivity contribution in [2.24, 2.45) is 0 Å². The smallest absolute Gasteiger partial charge is 0.119 e. The van der Waals surface area contributed by atoms with Crippen molar-refractivity contribution in [3.05, 3.63) is 77.1 Å². The average Bonchev–Trinajstić information content (AvgIpc) is 3.35. The van der Waals surface area contributed by atoms with E-state index in [1.165, 1.54) is 11.1 Å². The van der Waals surface area contributed by atoms with Crippen molar-refractivity contribution in [1.82, 2.24) is 19.6 Å². The molecule has 188 valence electrons. The van der Waals surface area contributed by atoms with E-state index in [1.807, 2.05) is 35.9 Å². The summed E-state index contributed by atoms with van der Waals surface area (Å²) in [5, 5.41) is 15.7. The van der Waals surface area contributed by atoms with Crippen LogP contribution in [0.1, 0.15) is 28.9 Å². The van der Waals surface area contributed by atoms with Crippen LogP contribution in [0.5, 0.6) is 11.5 Å². The highest BCUT2D eigenvalue weighted by Crippen LogP contribution is 2.25. The molecule has 0 radical (unpaired) electrons. The van der Waals surface area contributed by atoms with Gasteiger partial charge in [-0.3, -0.25) is 14.5 Å². The number of aryl methyl sites for hydroxylation is 2. The highest BCUT2D eigenvalue weighted by Gasteiger charge is 2.36. The zero-order valence-corrected chi connectivity index (χ0v) is 21.4. The van der Waals surface area contributed by atoms with Crippen LogP contribution < -0.4 is 9.47 Å². The molecule has 1 N–H and O–H groups in total. The fraction of sp³-hybridized carbons (Fsp3) is 0.464. The van der Waals surface area contributed by atoms with Crippen LogP contribution >= 0.6 is 0 Å². The summed E-state index contributed by atoms with van der Waals surface area (Å²) in [7, 11) is 3.74. The topological polar surface area (TPSA) is 63.0 Å². The first-order valence-electron chi connectivity index (χ1n) is 12.3. The second kappa shape index (κ2) is 11.2. The Labute approximate surface area is 208 Å². The summed E-state index contributed by atoms with van der Waals surface area (Å²) in [6, 6.07) is 18.5. The fourth-order valence-electron chi connectivity index (χ4n) is 4.91. The number of rotatable bonds is 11. The number of likely N-dealkylation sites (tertiary alicyclic amines) is 1. The molecule has 2 heterocycles. The molecule has 0 saturated carbocycles. The lowest BCUT2D eigenvalue weighted by Crippen LogP contribution is -2.43. The van der Waals surface area contributed by atoms with Gasteiger partial charge in [-0.25, -0.2) is 0 Å². The van der Waals surface area contributed by atoms with E-state index in [0.717, 1.165) is 55.5 Å². The van der Waals surface area contributed by atoms with Crippen LogP contribution in [0.3, 0.4) is 0 Å². The van der Waals surface area contributed by atoms with E-state index in [2.05, 4.69) is 59.2 Å². The zero-order chi connectivity index (χ0) is 24.8. The number of hydrogen-bond acceptors (Lipinski definition) is 6. The zero-order valence-electron chi connectivity index (χ0n) is 21.4. The number of β-amino-alcohol motifs (C(OH)–C–C–N with tert-alkyl or cyclic N) is 1. The minimum Gasteiger partial charge on any atom is -0.497 e. The Kier molecular flexibility index (Phi) is 8.11. The Morgan fingerprint density at radius 1 is 1.03 bits per heavy atom. The largest absolute Gasteiger partial charge is 0.497 e. The van der Waals surface area contributed by atoms with Gasteiger partial charge in [0.15, 0.2) is 0 Å². The molecule has 1 atom stereocenters. The van der Waals surface area contributed by atoms with E-state index in [-0.39, 0.29) is 0 Å². The monoisotopic (exact) mass is 478 g/mol. The molecule has 1 saturated heterocycles. The molecule has 0 unspecified atom stereocenters. The van der Waals surface area contributed by atoms with Crippen LogP contribution in [-0.4, -0.2) is 70.7 Å². The fourth-order valence-corrected chi connectivity index (χ4v) is 4.91. The van der Waals surface area contributed by atoms with Gasteiger partial charge in [-0.05, 0) is 68.8 Å². The normalized spacial score (nSPS) is 18.3. The van der Waals surface area contributed by atoms with Gasteiger partial charge in [0.2, 0.25) is 0 Å². The van der Waals surface area contributed by atoms with Crippen molar-refractivity contribution < 1.29 is 14.6 Å². The molecule has 0 spiro atoms. The predicted molar refractivity (Wildman–Crippen MR) is 138 cm³/mol. The van der Waals surface area contributed by atoms with Gasteiger partial charge in [-0.15, -0.1) is 0 Å². The molecule has 1 aliphatic rings. The number of nitrogens with zero attached hydrogens (tertiary/aromatic N) is 4. The van der Waals surface area contributed by atoms with Crippen molar-refractivity contribution in [3.8, 4) is 11.5 Å². The van der Waals surface area contributed by atoms with Crippen LogP contribution in [0, 0.1) is 13.8 Å². The Morgan fingerprint density at radius 2 is 1.71 bits per heavy atom. The second-order valence-electron chi connectivity index (χ2n) is 9.85. The van der Waals surface area contributed by atoms with Crippen LogP contribution in [-0.2, 0) is 19.6 Å². The Morgan fingerprint density at radius 3 is 2.37 bits per heavy atom. The van der Waals surface area contributed by atoms with Gasteiger partial charge < -0.3 is 14.6 Å². The summed E-state index contributed by atoms with van der Waals surface area (Å²) in [4.78, 5) is 4.53. The molecule has 35 heavy (non-hydrogen) atoms. The number of aromatic nitrogens is 2. The van der Waals surface area contributed by atoms with Crippen molar-refractivity contribution in [3.63, 3.8) is 0 Å². The third kappa shape index (κ3) is 7.07. The summed E-state index contributed by atoms with van der Waals surface area (Å²) in [5.41, 5.74) is 3.94. The van der Waals surface area contributed by atoms with Gasteiger partial charge in [0.1, 0.15) is 18.1 Å². The van der Waals surface area contributed by atoms with E-state index in [9.17, 15) is 5.11 Å². The molecule has 3 aromatic rings. The van der Waals surface area contributed by atoms with E-state index in [1.54, 1.807) is 7.11 Å². The summed E-state index contributed by atoms with van der Waals surface area (Å²) < 4.78 is 13.1. The first kappa shape index (κ1) is 25.2. The van der Waals surface area contributed by atoms with E-state index >= 15 is 0 Å². The first-order valence-corrected chi connectivity index (χ1v) is 12.3. The molecule has 0 bridgehead atoms. The molecule has 2 aromatic carbocycles. The summed E-state index contributed by atoms with van der Waals surface area (Å²) >= 11 is 0. The Bertz CT molecular complexity index is 1080. The highest BCUT2D eigenvalue weighted by atomic mass is 16.5. The van der Waals surface area contributed by atoms with Gasteiger partial charge >= 0.3 is 0 Å². The molecule has 4 rings (SSSR count). The molecular formula is C28H38N4O3. The maximum Gasteiger partial charge on any atom is 0.119 e. The first-order chi connectivity index (χ1) is 16.8. The molecule has 7 heteroatoms. The van der Waals surface area contributed by atoms with Crippen LogP contribution in [0.4, 0.5) is 0 Å². The van der Waals surface area contributed by atoms with E-state index < -0.39 is 5.60 Å². The number of ether oxygens (including phenoxy) is 2. The third-order valence-corrected chi connectivity index (χ3v) is 6.59. The molecule has 1 aromatic heterocycles. The van der Waals surface area contributed by atoms with Gasteiger partial charge in [-0.2, -0.15) is 5.10 Å². The molecule has 7 nitrogen and oxygen atoms in total. The van der Waals surface area contributed by atoms with Crippen LogP contribution in [0.15, 0.2) is 54.6 Å². The summed E-state index contributed by atoms with van der Waals surface area (Å²) in [6.07, 6.45) is 0.785. The predicted octanol–water partition coefficient (Wildman–Crippen LogP) is 3.66. The van der Waals surface area contributed by atoms with Crippen LogP contribution in [0.25, 0.3) is 0 Å². The summed E-state index contributed by atoms with van der Waals surface area (Å²) in [6.45, 7) is 9.25. The third-order valence-electron chi connectivity index (χ3n) is 6.59. The quantitative estimate of drug-likeness (QED) is 0.454. The SMILES string of the molecule is COc1ccc(CN(C)C[C@]2(O)CCN(Cc3ccc(OCCn4nc(C)cc4C)cc3)C2)cc1. The van der Waals surface area contributed by atoms with Crippen molar-refractivity contribution in [1.29, 1.82) is 0 Å². The molecule has 0 amide bonds. The maximum absolute atomic E-state index is 11.2. The number of hydrogen-bond donors (Lipinski definition) is 1. The molecule has 0 aliphatic carbocycles. The van der Waals surface area contributed by atoms with Gasteiger partial charge in [0.05, 0.1) is 24.9 Å². The van der Waals surface area contributed by atoms with E-state index in [0.29, 0.717) is 19.7 Å². The Balaban J connectivity index is 1.21. The van der Waals surface area contributed by atoms with Crippen molar-refractivity contribution in [2.75, 3.05) is 40.4 Å². The standard InChI is InChI=1S/C28H38N4O3/c1-22-17-23(2)32(29-22)15-16-35-27-11-7-25(8-12-27)19-31-14-13-28(33,21-31)20-30(3)18-24-5-9-26(34-4)10-6-24/h5-12,17,33H,13-16,18-21H2,1-4H3/t28-/m1/s1. The minimum absolute atomic E-state index is 0.588. The van der Waals surface area contributed by atoms with Crippen molar-refractivity contribution >= 4 is 0 Å². The number of likely N-dealkylation sites (N-methyl/N-ethyl adjacent to an activating group) is 1. The summed E-state index contributed by atoms with van der Waals surface area (Å²) in [5.74, 6) is 1.73. The highest BCUT2D eigenvalue weighted by molar-refractivity contribution is 5.28. The number of methoxy groups -OCH3 is 1. The van der Waals surface area contributed by atoms with E-state index in [4.69, 9.17) is 9.47 Å². The number of benzene rings is 2. The molecule has 1 aliphatic heterocycles. The molecular weight excluding hydrogens is 440 g/mol. The lowest BCUT2D eigenvalue weighted by Gasteiger charge is -2.29. The lowest BCUT2D eigenvalue weighted by molar-refractivity contribution is 0.0162. The minimum atomic E-state index is -0.687. The maximum atomic E-state index is 11.2.